The number of aryl methyl sites for hydroxylation is 1. The fourth-order valence-corrected chi connectivity index (χ4v) is 3.40. The van der Waals surface area contributed by atoms with E-state index in [9.17, 15) is 10.1 Å². The zero-order valence-corrected chi connectivity index (χ0v) is 15.9. The second-order valence-corrected chi connectivity index (χ2v) is 6.79. The van der Waals surface area contributed by atoms with Crippen molar-refractivity contribution in [2.24, 2.45) is 0 Å². The van der Waals surface area contributed by atoms with Gasteiger partial charge in [-0.1, -0.05) is 19.1 Å². The lowest BCUT2D eigenvalue weighted by Gasteiger charge is -2.29. The van der Waals surface area contributed by atoms with Crippen molar-refractivity contribution in [1.82, 2.24) is 0 Å². The third-order valence-electron chi connectivity index (χ3n) is 5.03. The molecule has 0 fully saturated rings. The molecular weight excluding hydrogens is 346 g/mol. The maximum absolute atomic E-state index is 11.1. The number of rotatable bonds is 7. The highest BCUT2D eigenvalue weighted by Crippen LogP contribution is 2.34. The standard InChI is InChI=1S/C21H25NO5/c1-4-16(26-20-7-5-6-19(14(20)2)22(23)24)12-18-11-9-15-8-10-17(25-3)13-21(15)27-18/h5-8,10,13,16,18H,4,9,11-12H2,1-3H3. The Labute approximate surface area is 159 Å². The van der Waals surface area contributed by atoms with Crippen LogP contribution in [0.5, 0.6) is 17.2 Å². The van der Waals surface area contributed by atoms with E-state index in [1.54, 1.807) is 26.2 Å². The summed E-state index contributed by atoms with van der Waals surface area (Å²) in [5.74, 6) is 2.21. The van der Waals surface area contributed by atoms with Crippen LogP contribution in [0.2, 0.25) is 0 Å². The van der Waals surface area contributed by atoms with Gasteiger partial charge in [0.15, 0.2) is 0 Å². The lowest BCUT2D eigenvalue weighted by atomic mass is 9.97. The molecule has 2 atom stereocenters. The summed E-state index contributed by atoms with van der Waals surface area (Å²) in [6.45, 7) is 3.77. The van der Waals surface area contributed by atoms with Gasteiger partial charge in [0, 0.05) is 18.6 Å². The Kier molecular flexibility index (Phi) is 5.84. The summed E-state index contributed by atoms with van der Waals surface area (Å²) >= 11 is 0. The van der Waals surface area contributed by atoms with E-state index in [4.69, 9.17) is 14.2 Å². The molecule has 2 aromatic rings. The Bertz CT molecular complexity index is 820. The van der Waals surface area contributed by atoms with Crippen LogP contribution >= 0.6 is 0 Å². The van der Waals surface area contributed by atoms with Crippen LogP contribution in [0.25, 0.3) is 0 Å². The normalized spacial score (nSPS) is 16.8. The summed E-state index contributed by atoms with van der Waals surface area (Å²) in [6, 6.07) is 10.9. The average molecular weight is 371 g/mol. The first-order valence-corrected chi connectivity index (χ1v) is 9.26. The molecule has 6 heteroatoms. The first-order chi connectivity index (χ1) is 13.0. The van der Waals surface area contributed by atoms with Gasteiger partial charge in [0.25, 0.3) is 5.69 Å². The van der Waals surface area contributed by atoms with Crippen LogP contribution in [-0.4, -0.2) is 24.2 Å². The van der Waals surface area contributed by atoms with E-state index in [1.807, 2.05) is 18.2 Å². The van der Waals surface area contributed by atoms with Gasteiger partial charge in [-0.05, 0) is 43.9 Å². The van der Waals surface area contributed by atoms with E-state index in [0.29, 0.717) is 11.3 Å². The molecule has 0 aromatic heterocycles. The molecule has 0 amide bonds. The number of fused-ring (bicyclic) bond motifs is 1. The van der Waals surface area contributed by atoms with Crippen LogP contribution in [0.1, 0.15) is 37.3 Å². The number of benzene rings is 2. The molecule has 0 radical (unpaired) electrons. The summed E-state index contributed by atoms with van der Waals surface area (Å²) < 4.78 is 17.6. The molecule has 0 saturated carbocycles. The Balaban J connectivity index is 1.69. The lowest BCUT2D eigenvalue weighted by molar-refractivity contribution is -0.385. The summed E-state index contributed by atoms with van der Waals surface area (Å²) in [4.78, 5) is 10.8. The van der Waals surface area contributed by atoms with E-state index in [2.05, 4.69) is 6.92 Å². The molecule has 2 unspecified atom stereocenters. The topological polar surface area (TPSA) is 70.8 Å². The molecule has 6 nitrogen and oxygen atoms in total. The molecule has 0 N–H and O–H groups in total. The number of ether oxygens (including phenoxy) is 3. The van der Waals surface area contributed by atoms with E-state index in [1.165, 1.54) is 11.6 Å². The minimum absolute atomic E-state index is 0.0496. The summed E-state index contributed by atoms with van der Waals surface area (Å²) in [5, 5.41) is 11.1. The largest absolute Gasteiger partial charge is 0.497 e. The van der Waals surface area contributed by atoms with E-state index in [-0.39, 0.29) is 22.8 Å². The minimum Gasteiger partial charge on any atom is -0.497 e. The van der Waals surface area contributed by atoms with Crippen LogP contribution in [-0.2, 0) is 6.42 Å². The van der Waals surface area contributed by atoms with Gasteiger partial charge in [-0.3, -0.25) is 10.1 Å². The molecule has 144 valence electrons. The molecule has 1 aliphatic rings. The molecule has 0 aliphatic carbocycles. The second-order valence-electron chi connectivity index (χ2n) is 6.79. The number of nitro groups is 1. The number of methoxy groups -OCH3 is 1. The molecular formula is C21H25NO5. The van der Waals surface area contributed by atoms with Crippen molar-refractivity contribution in [3.05, 3.63) is 57.6 Å². The van der Waals surface area contributed by atoms with Crippen molar-refractivity contribution in [1.29, 1.82) is 0 Å². The fourth-order valence-electron chi connectivity index (χ4n) is 3.40. The lowest BCUT2D eigenvalue weighted by Crippen LogP contribution is -2.30. The number of nitrogens with zero attached hydrogens (tertiary/aromatic N) is 1. The highest BCUT2D eigenvalue weighted by molar-refractivity contribution is 5.48. The number of hydrogen-bond donors (Lipinski definition) is 0. The molecule has 1 aliphatic heterocycles. The Morgan fingerprint density at radius 3 is 2.85 bits per heavy atom. The first kappa shape index (κ1) is 19.0. The Morgan fingerprint density at radius 1 is 1.33 bits per heavy atom. The van der Waals surface area contributed by atoms with Crippen molar-refractivity contribution >= 4 is 5.69 Å². The third kappa shape index (κ3) is 4.32. The van der Waals surface area contributed by atoms with Crippen LogP contribution in [0.4, 0.5) is 5.69 Å². The molecule has 3 rings (SSSR count). The summed E-state index contributed by atoms with van der Waals surface area (Å²) in [7, 11) is 1.64. The smallest absolute Gasteiger partial charge is 0.276 e. The number of nitro benzene ring substituents is 1. The van der Waals surface area contributed by atoms with Gasteiger partial charge in [0.2, 0.25) is 0 Å². The Hall–Kier alpha value is -2.76. The zero-order valence-electron chi connectivity index (χ0n) is 15.9. The monoisotopic (exact) mass is 371 g/mol. The van der Waals surface area contributed by atoms with E-state index >= 15 is 0 Å². The van der Waals surface area contributed by atoms with E-state index < -0.39 is 0 Å². The van der Waals surface area contributed by atoms with Gasteiger partial charge < -0.3 is 14.2 Å². The highest BCUT2D eigenvalue weighted by atomic mass is 16.6. The van der Waals surface area contributed by atoms with Crippen molar-refractivity contribution in [2.45, 2.75) is 51.7 Å². The van der Waals surface area contributed by atoms with E-state index in [0.717, 1.165) is 37.2 Å². The van der Waals surface area contributed by atoms with Crippen LogP contribution < -0.4 is 14.2 Å². The summed E-state index contributed by atoms with van der Waals surface area (Å²) in [5.41, 5.74) is 1.83. The van der Waals surface area contributed by atoms with Gasteiger partial charge in [-0.25, -0.2) is 0 Å². The molecule has 2 aromatic carbocycles. The van der Waals surface area contributed by atoms with Crippen LogP contribution in [0, 0.1) is 17.0 Å². The highest BCUT2D eigenvalue weighted by Gasteiger charge is 2.25. The van der Waals surface area contributed by atoms with Crippen molar-refractivity contribution in [2.75, 3.05) is 7.11 Å². The van der Waals surface area contributed by atoms with Gasteiger partial charge >= 0.3 is 0 Å². The maximum Gasteiger partial charge on any atom is 0.276 e. The van der Waals surface area contributed by atoms with Gasteiger partial charge in [-0.15, -0.1) is 0 Å². The van der Waals surface area contributed by atoms with Gasteiger partial charge in [-0.2, -0.15) is 0 Å². The molecule has 1 heterocycles. The second kappa shape index (κ2) is 8.29. The predicted octanol–water partition coefficient (Wildman–Crippen LogP) is 4.85. The fraction of sp³-hybridized carbons (Fsp3) is 0.429. The maximum atomic E-state index is 11.1. The van der Waals surface area contributed by atoms with Gasteiger partial charge in [0.05, 0.1) is 17.6 Å². The first-order valence-electron chi connectivity index (χ1n) is 9.26. The zero-order chi connectivity index (χ0) is 19.4. The van der Waals surface area contributed by atoms with Crippen LogP contribution in [0.3, 0.4) is 0 Å². The Morgan fingerprint density at radius 2 is 2.15 bits per heavy atom. The van der Waals surface area contributed by atoms with Crippen molar-refractivity contribution in [3.63, 3.8) is 0 Å². The van der Waals surface area contributed by atoms with Crippen molar-refractivity contribution < 1.29 is 19.1 Å². The van der Waals surface area contributed by atoms with Crippen molar-refractivity contribution in [3.8, 4) is 17.2 Å². The minimum atomic E-state index is -0.377. The quantitative estimate of drug-likeness (QED) is 0.514. The number of hydrogen-bond acceptors (Lipinski definition) is 5. The molecule has 0 spiro atoms. The molecule has 0 bridgehead atoms. The summed E-state index contributed by atoms with van der Waals surface area (Å²) in [6.07, 6.45) is 3.39. The average Bonchev–Trinajstić information content (AvgIpc) is 2.68. The van der Waals surface area contributed by atoms with Gasteiger partial charge in [0.1, 0.15) is 29.5 Å². The third-order valence-corrected chi connectivity index (χ3v) is 5.03. The molecule has 27 heavy (non-hydrogen) atoms. The molecule has 0 saturated heterocycles. The van der Waals surface area contributed by atoms with Crippen LogP contribution in [0.15, 0.2) is 36.4 Å². The SMILES string of the molecule is CCC(CC1CCc2ccc(OC)cc2O1)Oc1cccc([N+](=O)[O-])c1C. The predicted molar refractivity (Wildman–Crippen MR) is 103 cm³/mol.